The molecule has 0 N–H and O–H groups in total. The van der Waals surface area contributed by atoms with Gasteiger partial charge in [0.05, 0.1) is 15.7 Å². The molecule has 4 rings (SSSR count). The molecule has 1 fully saturated rings. The Morgan fingerprint density at radius 1 is 0.970 bits per heavy atom. The van der Waals surface area contributed by atoms with Crippen molar-refractivity contribution < 1.29 is 14.3 Å². The molecule has 2 aromatic carbocycles. The van der Waals surface area contributed by atoms with Crippen LogP contribution in [0.5, 0.6) is 5.75 Å². The summed E-state index contributed by atoms with van der Waals surface area (Å²) in [6.45, 7) is 5.27. The maximum Gasteiger partial charge on any atom is 0.337 e. The molecule has 8 heteroatoms. The minimum atomic E-state index is -0.413. The number of esters is 1. The van der Waals surface area contributed by atoms with E-state index >= 15 is 0 Å². The third-order valence-electron chi connectivity index (χ3n) is 5.70. The van der Waals surface area contributed by atoms with Crippen LogP contribution >= 0.6 is 23.2 Å². The van der Waals surface area contributed by atoms with Gasteiger partial charge in [-0.1, -0.05) is 47.5 Å². The Bertz CT molecular complexity index is 1080. The van der Waals surface area contributed by atoms with Gasteiger partial charge in [-0.3, -0.25) is 9.88 Å². The van der Waals surface area contributed by atoms with Crippen LogP contribution in [-0.4, -0.2) is 61.8 Å². The standard InChI is InChI=1S/C25H27Cl2N3O3/c26-20-8-4-9-21(24(20)27)30-15-13-29(14-16-30)12-1-2-17-32-18-23(31)33-22-10-3-6-19-7-5-11-28-25(19)22/h3-11H,1-2,12-18H2. The first kappa shape index (κ1) is 23.8. The highest BCUT2D eigenvalue weighted by molar-refractivity contribution is 6.43. The molecular weight excluding hydrogens is 461 g/mol. The minimum Gasteiger partial charge on any atom is -0.422 e. The topological polar surface area (TPSA) is 54.9 Å². The van der Waals surface area contributed by atoms with Gasteiger partial charge in [-0.25, -0.2) is 4.79 Å². The predicted octanol–water partition coefficient (Wildman–Crippen LogP) is 5.07. The number of fused-ring (bicyclic) bond motifs is 1. The number of unbranched alkanes of at least 4 members (excludes halogenated alkanes) is 1. The van der Waals surface area contributed by atoms with Gasteiger partial charge in [-0.05, 0) is 43.7 Å². The van der Waals surface area contributed by atoms with Crippen LogP contribution in [0.2, 0.25) is 10.0 Å². The molecule has 0 radical (unpaired) electrons. The lowest BCUT2D eigenvalue weighted by molar-refractivity contribution is -0.139. The first-order chi connectivity index (χ1) is 16.1. The number of carbonyl (C=O) groups excluding carboxylic acids is 1. The second-order valence-electron chi connectivity index (χ2n) is 7.97. The number of hydrogen-bond donors (Lipinski definition) is 0. The Morgan fingerprint density at radius 3 is 2.61 bits per heavy atom. The SMILES string of the molecule is O=C(COCCCCN1CCN(c2cccc(Cl)c2Cl)CC1)Oc1cccc2cccnc12. The molecule has 0 unspecified atom stereocenters. The van der Waals surface area contributed by atoms with Crippen molar-refractivity contribution in [2.45, 2.75) is 12.8 Å². The number of aromatic nitrogens is 1. The van der Waals surface area contributed by atoms with Crippen molar-refractivity contribution in [2.24, 2.45) is 0 Å². The molecule has 1 saturated heterocycles. The molecule has 0 spiro atoms. The molecule has 1 aliphatic rings. The second-order valence-corrected chi connectivity index (χ2v) is 8.75. The summed E-state index contributed by atoms with van der Waals surface area (Å²) < 4.78 is 11.0. The van der Waals surface area contributed by atoms with Gasteiger partial charge in [0, 0.05) is 44.4 Å². The Kier molecular flexibility index (Phi) is 8.40. The fourth-order valence-electron chi connectivity index (χ4n) is 3.95. The lowest BCUT2D eigenvalue weighted by Gasteiger charge is -2.36. The number of halogens is 2. The van der Waals surface area contributed by atoms with Gasteiger partial charge in [0.25, 0.3) is 0 Å². The summed E-state index contributed by atoms with van der Waals surface area (Å²) >= 11 is 12.5. The van der Waals surface area contributed by atoms with Crippen molar-refractivity contribution in [3.63, 3.8) is 0 Å². The molecular formula is C25H27Cl2N3O3. The Hall–Kier alpha value is -2.38. The molecule has 2 heterocycles. The number of para-hydroxylation sites is 1. The lowest BCUT2D eigenvalue weighted by Crippen LogP contribution is -2.46. The maximum absolute atomic E-state index is 12.1. The highest BCUT2D eigenvalue weighted by atomic mass is 35.5. The van der Waals surface area contributed by atoms with Crippen LogP contribution in [0.25, 0.3) is 10.9 Å². The maximum atomic E-state index is 12.1. The summed E-state index contributed by atoms with van der Waals surface area (Å²) in [5, 5.41) is 2.15. The first-order valence-electron chi connectivity index (χ1n) is 11.2. The van der Waals surface area contributed by atoms with Gasteiger partial charge in [0.1, 0.15) is 12.1 Å². The van der Waals surface area contributed by atoms with E-state index in [-0.39, 0.29) is 6.61 Å². The fraction of sp³-hybridized carbons (Fsp3) is 0.360. The summed E-state index contributed by atoms with van der Waals surface area (Å²) in [5.41, 5.74) is 1.68. The zero-order chi connectivity index (χ0) is 23.0. The molecule has 0 amide bonds. The van der Waals surface area contributed by atoms with Crippen molar-refractivity contribution in [3.05, 3.63) is 64.8 Å². The van der Waals surface area contributed by atoms with Crippen LogP contribution < -0.4 is 9.64 Å². The molecule has 174 valence electrons. The number of hydrogen-bond acceptors (Lipinski definition) is 6. The second kappa shape index (κ2) is 11.7. The molecule has 3 aromatic rings. The number of benzene rings is 2. The number of pyridine rings is 1. The van der Waals surface area contributed by atoms with E-state index in [4.69, 9.17) is 32.7 Å². The predicted molar refractivity (Wildman–Crippen MR) is 133 cm³/mol. The van der Waals surface area contributed by atoms with Crippen LogP contribution in [-0.2, 0) is 9.53 Å². The summed E-state index contributed by atoms with van der Waals surface area (Å²) in [4.78, 5) is 21.1. The van der Waals surface area contributed by atoms with E-state index in [2.05, 4.69) is 14.8 Å². The number of rotatable bonds is 9. The van der Waals surface area contributed by atoms with Crippen LogP contribution in [0.1, 0.15) is 12.8 Å². The van der Waals surface area contributed by atoms with Gasteiger partial charge in [-0.2, -0.15) is 0 Å². The van der Waals surface area contributed by atoms with Crippen molar-refractivity contribution in [1.29, 1.82) is 0 Å². The molecule has 0 atom stereocenters. The quantitative estimate of drug-likeness (QED) is 0.238. The van der Waals surface area contributed by atoms with E-state index in [0.29, 0.717) is 27.9 Å². The number of carbonyl (C=O) groups is 1. The molecule has 1 aliphatic heterocycles. The van der Waals surface area contributed by atoms with Crippen molar-refractivity contribution in [2.75, 3.05) is 50.8 Å². The Morgan fingerprint density at radius 2 is 1.76 bits per heavy atom. The van der Waals surface area contributed by atoms with Crippen molar-refractivity contribution in [3.8, 4) is 5.75 Å². The van der Waals surface area contributed by atoms with Gasteiger partial charge in [-0.15, -0.1) is 0 Å². The Balaban J connectivity index is 1.10. The number of piperazine rings is 1. The van der Waals surface area contributed by atoms with Crippen LogP contribution in [0.4, 0.5) is 5.69 Å². The summed E-state index contributed by atoms with van der Waals surface area (Å²) in [6, 6.07) is 15.1. The summed E-state index contributed by atoms with van der Waals surface area (Å²) in [6.07, 6.45) is 3.59. The van der Waals surface area contributed by atoms with E-state index in [1.165, 1.54) is 0 Å². The Labute approximate surface area is 204 Å². The zero-order valence-electron chi connectivity index (χ0n) is 18.4. The molecule has 33 heavy (non-hydrogen) atoms. The minimum absolute atomic E-state index is 0.0672. The van der Waals surface area contributed by atoms with Gasteiger partial charge in [0.15, 0.2) is 5.75 Å². The number of nitrogens with zero attached hydrogens (tertiary/aromatic N) is 3. The smallest absolute Gasteiger partial charge is 0.337 e. The van der Waals surface area contributed by atoms with E-state index in [1.54, 1.807) is 12.3 Å². The molecule has 0 aliphatic carbocycles. The monoisotopic (exact) mass is 487 g/mol. The summed E-state index contributed by atoms with van der Waals surface area (Å²) in [5.74, 6) is 0.0452. The van der Waals surface area contributed by atoms with Crippen molar-refractivity contribution in [1.82, 2.24) is 9.88 Å². The van der Waals surface area contributed by atoms with Gasteiger partial charge >= 0.3 is 5.97 Å². The van der Waals surface area contributed by atoms with E-state index in [1.807, 2.05) is 42.5 Å². The fourth-order valence-corrected chi connectivity index (χ4v) is 4.37. The van der Waals surface area contributed by atoms with Gasteiger partial charge < -0.3 is 14.4 Å². The summed E-state index contributed by atoms with van der Waals surface area (Å²) in [7, 11) is 0. The number of anilines is 1. The average molecular weight is 488 g/mol. The van der Waals surface area contributed by atoms with Gasteiger partial charge in [0.2, 0.25) is 0 Å². The van der Waals surface area contributed by atoms with E-state index in [0.717, 1.165) is 56.6 Å². The lowest BCUT2D eigenvalue weighted by atomic mass is 10.2. The highest BCUT2D eigenvalue weighted by Crippen LogP contribution is 2.32. The van der Waals surface area contributed by atoms with E-state index in [9.17, 15) is 4.79 Å². The van der Waals surface area contributed by atoms with Crippen LogP contribution in [0, 0.1) is 0 Å². The van der Waals surface area contributed by atoms with Crippen LogP contribution in [0.15, 0.2) is 54.7 Å². The third-order valence-corrected chi connectivity index (χ3v) is 6.51. The largest absolute Gasteiger partial charge is 0.422 e. The number of ether oxygens (including phenoxy) is 2. The average Bonchev–Trinajstić information content (AvgIpc) is 2.84. The molecule has 1 aromatic heterocycles. The van der Waals surface area contributed by atoms with Crippen molar-refractivity contribution >= 4 is 45.8 Å². The molecule has 0 saturated carbocycles. The first-order valence-corrected chi connectivity index (χ1v) is 11.9. The zero-order valence-corrected chi connectivity index (χ0v) is 19.9. The van der Waals surface area contributed by atoms with E-state index < -0.39 is 5.97 Å². The highest BCUT2D eigenvalue weighted by Gasteiger charge is 2.19. The molecule has 0 bridgehead atoms. The third kappa shape index (κ3) is 6.36. The molecule has 6 nitrogen and oxygen atoms in total. The van der Waals surface area contributed by atoms with Crippen LogP contribution in [0.3, 0.4) is 0 Å². The normalized spacial score (nSPS) is 14.5.